The Bertz CT molecular complexity index is 579. The third kappa shape index (κ3) is 5.88. The van der Waals surface area contributed by atoms with Crippen LogP contribution in [0.5, 0.6) is 0 Å². The van der Waals surface area contributed by atoms with Gasteiger partial charge in [-0.3, -0.25) is 14.4 Å². The summed E-state index contributed by atoms with van der Waals surface area (Å²) in [5.41, 5.74) is 5.58. The Balaban J connectivity index is 2.87. The number of carboxylic acid groups (broad SMARTS) is 1. The monoisotopic (exact) mass is 388 g/mol. The number of nitrogens with one attached hydrogen (secondary N) is 2. The highest BCUT2D eigenvalue weighted by atomic mass is 16.4. The Labute approximate surface area is 156 Å². The number of hydrogen-bond acceptors (Lipinski definition) is 7. The van der Waals surface area contributed by atoms with Crippen LogP contribution in [-0.2, 0) is 19.2 Å². The Morgan fingerprint density at radius 3 is 2.04 bits per heavy atom. The highest BCUT2D eigenvalue weighted by Gasteiger charge is 2.38. The van der Waals surface area contributed by atoms with Crippen LogP contribution in [0.15, 0.2) is 0 Å². The van der Waals surface area contributed by atoms with Gasteiger partial charge < -0.3 is 36.6 Å². The zero-order chi connectivity index (χ0) is 20.9. The predicted molar refractivity (Wildman–Crippen MR) is 93.2 cm³/mol. The predicted octanol–water partition coefficient (Wildman–Crippen LogP) is -2.86. The van der Waals surface area contributed by atoms with E-state index in [0.29, 0.717) is 19.4 Å². The number of rotatable bonds is 8. The van der Waals surface area contributed by atoms with Crippen molar-refractivity contribution in [2.75, 3.05) is 6.54 Å². The zero-order valence-corrected chi connectivity index (χ0v) is 15.6. The number of nitrogens with two attached hydrogens (primary N) is 1. The number of carbonyl (C=O) groups is 4. The van der Waals surface area contributed by atoms with Gasteiger partial charge in [0.2, 0.25) is 17.7 Å². The summed E-state index contributed by atoms with van der Waals surface area (Å²) >= 11 is 0. The summed E-state index contributed by atoms with van der Waals surface area (Å²) in [6, 6.07) is -4.66. The molecule has 0 spiro atoms. The van der Waals surface area contributed by atoms with Crippen LogP contribution in [0.3, 0.4) is 0 Å². The molecule has 0 aromatic heterocycles. The largest absolute Gasteiger partial charge is 0.480 e. The molecule has 6 unspecified atom stereocenters. The summed E-state index contributed by atoms with van der Waals surface area (Å²) in [5.74, 6) is -3.47. The molecule has 11 heteroatoms. The molecule has 1 aliphatic rings. The van der Waals surface area contributed by atoms with Crippen molar-refractivity contribution in [3.63, 3.8) is 0 Å². The van der Waals surface area contributed by atoms with Gasteiger partial charge in [-0.2, -0.15) is 0 Å². The lowest BCUT2D eigenvalue weighted by Crippen LogP contribution is -2.60. The molecule has 0 saturated carbocycles. The molecule has 0 aromatic rings. The van der Waals surface area contributed by atoms with Crippen LogP contribution < -0.4 is 16.4 Å². The third-order valence-corrected chi connectivity index (χ3v) is 4.34. The number of carbonyl (C=O) groups excluding carboxylic acids is 3. The first-order chi connectivity index (χ1) is 12.5. The van der Waals surface area contributed by atoms with Gasteiger partial charge in [-0.1, -0.05) is 0 Å². The Hall–Kier alpha value is -2.24. The summed E-state index contributed by atoms with van der Waals surface area (Å²) < 4.78 is 0. The van der Waals surface area contributed by atoms with Crippen LogP contribution in [0.4, 0.5) is 0 Å². The van der Waals surface area contributed by atoms with Gasteiger partial charge in [-0.25, -0.2) is 4.79 Å². The van der Waals surface area contributed by atoms with Gasteiger partial charge in [-0.05, 0) is 33.6 Å². The Morgan fingerprint density at radius 2 is 1.59 bits per heavy atom. The van der Waals surface area contributed by atoms with E-state index in [1.54, 1.807) is 0 Å². The first-order valence-electron chi connectivity index (χ1n) is 8.73. The average Bonchev–Trinajstić information content (AvgIpc) is 3.04. The minimum absolute atomic E-state index is 0.354. The van der Waals surface area contributed by atoms with Crippen LogP contribution >= 0.6 is 0 Å². The van der Waals surface area contributed by atoms with Crippen molar-refractivity contribution >= 4 is 23.7 Å². The number of likely N-dealkylation sites (tertiary alicyclic amines) is 1. The highest BCUT2D eigenvalue weighted by Crippen LogP contribution is 2.18. The van der Waals surface area contributed by atoms with Crippen molar-refractivity contribution in [2.45, 2.75) is 70.0 Å². The second-order valence-corrected chi connectivity index (χ2v) is 6.77. The normalized spacial score (nSPS) is 22.3. The number of carboxylic acids is 1. The maximum absolute atomic E-state index is 12.6. The molecule has 1 fully saturated rings. The average molecular weight is 388 g/mol. The highest BCUT2D eigenvalue weighted by molar-refractivity contribution is 5.94. The van der Waals surface area contributed by atoms with E-state index in [1.807, 2.05) is 0 Å². The fourth-order valence-electron chi connectivity index (χ4n) is 2.85. The van der Waals surface area contributed by atoms with Crippen LogP contribution in [-0.4, -0.2) is 86.8 Å². The topological polar surface area (TPSA) is 182 Å². The second kappa shape index (κ2) is 9.62. The molecular formula is C16H28N4O7. The molecule has 1 aliphatic heterocycles. The van der Waals surface area contributed by atoms with Gasteiger partial charge in [-0.15, -0.1) is 0 Å². The van der Waals surface area contributed by atoms with Crippen LogP contribution in [0.2, 0.25) is 0 Å². The lowest BCUT2D eigenvalue weighted by molar-refractivity contribution is -0.146. The van der Waals surface area contributed by atoms with E-state index in [-0.39, 0.29) is 0 Å². The van der Waals surface area contributed by atoms with Gasteiger partial charge in [0, 0.05) is 6.54 Å². The van der Waals surface area contributed by atoms with E-state index in [4.69, 9.17) is 10.8 Å². The second-order valence-electron chi connectivity index (χ2n) is 6.77. The van der Waals surface area contributed by atoms with E-state index >= 15 is 0 Å². The minimum Gasteiger partial charge on any atom is -0.480 e. The molecule has 0 radical (unpaired) electrons. The molecule has 3 amide bonds. The van der Waals surface area contributed by atoms with E-state index in [9.17, 15) is 29.4 Å². The third-order valence-electron chi connectivity index (χ3n) is 4.34. The van der Waals surface area contributed by atoms with Crippen LogP contribution in [0.1, 0.15) is 33.6 Å². The molecule has 1 rings (SSSR count). The molecule has 1 heterocycles. The summed E-state index contributed by atoms with van der Waals surface area (Å²) in [5, 5.41) is 32.8. The van der Waals surface area contributed by atoms with Crippen molar-refractivity contribution in [1.29, 1.82) is 0 Å². The van der Waals surface area contributed by atoms with Crippen LogP contribution in [0.25, 0.3) is 0 Å². The number of amides is 3. The molecule has 6 atom stereocenters. The maximum Gasteiger partial charge on any atom is 0.328 e. The van der Waals surface area contributed by atoms with Gasteiger partial charge in [0.05, 0.1) is 18.2 Å². The van der Waals surface area contributed by atoms with E-state index in [1.165, 1.54) is 25.7 Å². The Kier molecular flexibility index (Phi) is 8.13. The lowest BCUT2D eigenvalue weighted by Gasteiger charge is -2.29. The molecule has 11 nitrogen and oxygen atoms in total. The van der Waals surface area contributed by atoms with Crippen molar-refractivity contribution in [3.05, 3.63) is 0 Å². The van der Waals surface area contributed by atoms with Crippen molar-refractivity contribution < 1.29 is 34.5 Å². The number of hydrogen-bond donors (Lipinski definition) is 6. The van der Waals surface area contributed by atoms with E-state index in [0.717, 1.165) is 0 Å². The molecule has 27 heavy (non-hydrogen) atoms. The quantitative estimate of drug-likeness (QED) is 0.256. The van der Waals surface area contributed by atoms with E-state index < -0.39 is 60.1 Å². The summed E-state index contributed by atoms with van der Waals surface area (Å²) in [4.78, 5) is 49.4. The molecule has 0 bridgehead atoms. The van der Waals surface area contributed by atoms with Gasteiger partial charge in [0.15, 0.2) is 6.04 Å². The van der Waals surface area contributed by atoms with Crippen molar-refractivity contribution in [2.24, 2.45) is 5.73 Å². The molecule has 0 aliphatic carbocycles. The fraction of sp³-hybridized carbons (Fsp3) is 0.750. The number of aliphatic carboxylic acids is 1. The molecule has 154 valence electrons. The van der Waals surface area contributed by atoms with Gasteiger partial charge in [0.1, 0.15) is 12.1 Å². The number of nitrogens with zero attached hydrogens (tertiary/aromatic N) is 1. The van der Waals surface area contributed by atoms with Gasteiger partial charge in [0.25, 0.3) is 0 Å². The minimum atomic E-state index is -1.60. The summed E-state index contributed by atoms with van der Waals surface area (Å²) in [7, 11) is 0. The maximum atomic E-state index is 12.6. The molecule has 0 aromatic carbocycles. The van der Waals surface area contributed by atoms with Gasteiger partial charge >= 0.3 is 5.97 Å². The number of aliphatic hydroxyl groups excluding tert-OH is 2. The smallest absolute Gasteiger partial charge is 0.328 e. The SMILES string of the molecule is CC(N)C(=O)N1CCCC1C(=O)NC(C(=O)NC(C(=O)O)C(C)O)C(C)O. The molecular weight excluding hydrogens is 360 g/mol. The fourth-order valence-corrected chi connectivity index (χ4v) is 2.85. The summed E-state index contributed by atoms with van der Waals surface area (Å²) in [6.07, 6.45) is -1.75. The lowest BCUT2D eigenvalue weighted by atomic mass is 10.1. The van der Waals surface area contributed by atoms with E-state index in [2.05, 4.69) is 10.6 Å². The standard InChI is InChI=1S/C16H28N4O7/c1-7(17)15(25)20-6-4-5-10(20)13(23)18-11(8(2)21)14(24)19-12(9(3)22)16(26)27/h7-12,21-22H,4-6,17H2,1-3H3,(H,18,23)(H,19,24)(H,26,27). The molecule has 7 N–H and O–H groups in total. The van der Waals surface area contributed by atoms with Crippen LogP contribution in [0, 0.1) is 0 Å². The molecule has 1 saturated heterocycles. The first-order valence-corrected chi connectivity index (χ1v) is 8.73. The van der Waals surface area contributed by atoms with Crippen molar-refractivity contribution in [3.8, 4) is 0 Å². The number of aliphatic hydroxyl groups is 2. The first kappa shape index (κ1) is 22.8. The zero-order valence-electron chi connectivity index (χ0n) is 15.6. The summed E-state index contributed by atoms with van der Waals surface area (Å²) in [6.45, 7) is 4.30. The Morgan fingerprint density at radius 1 is 1.04 bits per heavy atom. The van der Waals surface area contributed by atoms with Crippen molar-refractivity contribution in [1.82, 2.24) is 15.5 Å².